The molecule has 3 aromatic carbocycles. The number of aryl methyl sites for hydroxylation is 1. The van der Waals surface area contributed by atoms with Gasteiger partial charge in [-0.25, -0.2) is 4.83 Å². The van der Waals surface area contributed by atoms with E-state index in [1.165, 1.54) is 18.3 Å². The molecule has 0 bridgehead atoms. The molecular formula is C21H18Cl2N2O3S. The third-order valence-electron chi connectivity index (χ3n) is 4.01. The lowest BCUT2D eigenvalue weighted by Crippen LogP contribution is -2.18. The molecule has 3 rings (SSSR count). The molecule has 0 fully saturated rings. The van der Waals surface area contributed by atoms with E-state index in [0.29, 0.717) is 28.0 Å². The number of hydrogen-bond donors (Lipinski definition) is 1. The summed E-state index contributed by atoms with van der Waals surface area (Å²) in [5.41, 5.74) is 2.52. The number of benzene rings is 3. The average molecular weight is 449 g/mol. The number of rotatable bonds is 7. The minimum absolute atomic E-state index is 0.157. The molecule has 3 aromatic rings. The van der Waals surface area contributed by atoms with E-state index in [1.807, 2.05) is 13.0 Å². The van der Waals surface area contributed by atoms with Gasteiger partial charge in [-0.05, 0) is 61.0 Å². The molecule has 0 saturated carbocycles. The maximum absolute atomic E-state index is 12.2. The fourth-order valence-corrected chi connectivity index (χ4v) is 3.64. The van der Waals surface area contributed by atoms with Gasteiger partial charge in [-0.3, -0.25) is 0 Å². The second kappa shape index (κ2) is 9.31. The van der Waals surface area contributed by atoms with Crippen LogP contribution in [0.2, 0.25) is 10.0 Å². The first-order valence-corrected chi connectivity index (χ1v) is 10.9. The van der Waals surface area contributed by atoms with E-state index in [0.717, 1.165) is 11.1 Å². The van der Waals surface area contributed by atoms with E-state index in [1.54, 1.807) is 48.5 Å². The fraction of sp³-hybridized carbons (Fsp3) is 0.0952. The molecule has 0 amide bonds. The Hall–Kier alpha value is -2.54. The molecule has 150 valence electrons. The summed E-state index contributed by atoms with van der Waals surface area (Å²) in [6.45, 7) is 2.19. The van der Waals surface area contributed by atoms with E-state index >= 15 is 0 Å². The summed E-state index contributed by atoms with van der Waals surface area (Å²) in [5, 5.41) is 4.93. The summed E-state index contributed by atoms with van der Waals surface area (Å²) in [6.07, 6.45) is 1.42. The minimum atomic E-state index is -3.70. The summed E-state index contributed by atoms with van der Waals surface area (Å²) in [7, 11) is -3.70. The first-order chi connectivity index (χ1) is 13.8. The quantitative estimate of drug-likeness (QED) is 0.399. The smallest absolute Gasteiger partial charge is 0.276 e. The Morgan fingerprint density at radius 1 is 1.00 bits per heavy atom. The molecule has 0 aromatic heterocycles. The third-order valence-corrected chi connectivity index (χ3v) is 5.83. The Bertz CT molecular complexity index is 1110. The van der Waals surface area contributed by atoms with E-state index in [-0.39, 0.29) is 4.90 Å². The van der Waals surface area contributed by atoms with Crippen molar-refractivity contribution in [3.05, 3.63) is 93.5 Å². The van der Waals surface area contributed by atoms with Gasteiger partial charge in [0, 0.05) is 15.6 Å². The molecule has 0 heterocycles. The van der Waals surface area contributed by atoms with Crippen molar-refractivity contribution in [2.75, 3.05) is 0 Å². The highest BCUT2D eigenvalue weighted by Crippen LogP contribution is 2.22. The van der Waals surface area contributed by atoms with E-state index in [2.05, 4.69) is 9.93 Å². The number of nitrogens with one attached hydrogen (secondary N) is 1. The van der Waals surface area contributed by atoms with Crippen LogP contribution in [-0.4, -0.2) is 14.6 Å². The van der Waals surface area contributed by atoms with Gasteiger partial charge >= 0.3 is 0 Å². The highest BCUT2D eigenvalue weighted by atomic mass is 35.5. The first kappa shape index (κ1) is 21.2. The lowest BCUT2D eigenvalue weighted by molar-refractivity contribution is 0.306. The molecule has 0 radical (unpaired) electrons. The van der Waals surface area contributed by atoms with E-state index < -0.39 is 10.0 Å². The van der Waals surface area contributed by atoms with Crippen molar-refractivity contribution in [2.24, 2.45) is 5.10 Å². The van der Waals surface area contributed by atoms with Gasteiger partial charge in [0.05, 0.1) is 11.1 Å². The Balaban J connectivity index is 1.57. The lowest BCUT2D eigenvalue weighted by atomic mass is 10.2. The molecule has 0 atom stereocenters. The Labute approximate surface area is 180 Å². The van der Waals surface area contributed by atoms with Gasteiger partial charge in [-0.2, -0.15) is 13.5 Å². The zero-order valence-electron chi connectivity index (χ0n) is 15.5. The van der Waals surface area contributed by atoms with Gasteiger partial charge in [0.15, 0.2) is 0 Å². The van der Waals surface area contributed by atoms with E-state index in [4.69, 9.17) is 27.9 Å². The Morgan fingerprint density at radius 2 is 1.69 bits per heavy atom. The van der Waals surface area contributed by atoms with Crippen molar-refractivity contribution < 1.29 is 13.2 Å². The van der Waals surface area contributed by atoms with Crippen molar-refractivity contribution in [1.29, 1.82) is 0 Å². The van der Waals surface area contributed by atoms with Crippen LogP contribution in [0.25, 0.3) is 0 Å². The average Bonchev–Trinajstić information content (AvgIpc) is 2.68. The lowest BCUT2D eigenvalue weighted by Gasteiger charge is -2.08. The van der Waals surface area contributed by atoms with Crippen LogP contribution in [0.15, 0.2) is 76.7 Å². The predicted molar refractivity (Wildman–Crippen MR) is 116 cm³/mol. The second-order valence-corrected chi connectivity index (χ2v) is 8.76. The highest BCUT2D eigenvalue weighted by Gasteiger charge is 2.11. The van der Waals surface area contributed by atoms with Crippen molar-refractivity contribution in [1.82, 2.24) is 4.83 Å². The monoisotopic (exact) mass is 448 g/mol. The topological polar surface area (TPSA) is 67.8 Å². The molecule has 0 aliphatic rings. The van der Waals surface area contributed by atoms with Crippen LogP contribution >= 0.6 is 23.2 Å². The zero-order chi connectivity index (χ0) is 20.9. The molecule has 1 N–H and O–H groups in total. The summed E-state index contributed by atoms with van der Waals surface area (Å²) in [5.74, 6) is 0.647. The van der Waals surface area contributed by atoms with Crippen LogP contribution in [0.5, 0.6) is 5.75 Å². The van der Waals surface area contributed by atoms with Crippen LogP contribution in [-0.2, 0) is 16.6 Å². The standard InChI is InChI=1S/C21H18Cl2N2O3S/c1-15-2-10-20(11-3-15)29(26,27)25-24-13-16-4-8-19(9-5-16)28-14-17-6-7-18(22)12-21(17)23/h2-13,25H,14H2,1H3/b24-13-. The van der Waals surface area contributed by atoms with E-state index in [9.17, 15) is 8.42 Å². The van der Waals surface area contributed by atoms with Gasteiger partial charge < -0.3 is 4.74 Å². The number of halogens is 2. The van der Waals surface area contributed by atoms with Gasteiger partial charge in [0.1, 0.15) is 12.4 Å². The fourth-order valence-electron chi connectivity index (χ4n) is 2.39. The van der Waals surface area contributed by atoms with Gasteiger partial charge in [0.25, 0.3) is 10.0 Å². The van der Waals surface area contributed by atoms with Crippen LogP contribution in [0.3, 0.4) is 0 Å². The predicted octanol–water partition coefficient (Wildman–Crippen LogP) is 5.19. The van der Waals surface area contributed by atoms with Crippen LogP contribution in [0.4, 0.5) is 0 Å². The minimum Gasteiger partial charge on any atom is -0.489 e. The first-order valence-electron chi connectivity index (χ1n) is 8.62. The number of hydrogen-bond acceptors (Lipinski definition) is 4. The van der Waals surface area contributed by atoms with Crippen molar-refractivity contribution in [3.63, 3.8) is 0 Å². The molecule has 0 aliphatic carbocycles. The third kappa shape index (κ3) is 5.97. The Kier molecular flexibility index (Phi) is 6.79. The van der Waals surface area contributed by atoms with Crippen LogP contribution < -0.4 is 9.57 Å². The second-order valence-electron chi connectivity index (χ2n) is 6.26. The summed E-state index contributed by atoms with van der Waals surface area (Å²) >= 11 is 12.0. The number of sulfonamides is 1. The molecule has 0 spiro atoms. The molecule has 0 unspecified atom stereocenters. The maximum Gasteiger partial charge on any atom is 0.276 e. The Morgan fingerprint density at radius 3 is 2.34 bits per heavy atom. The molecule has 5 nitrogen and oxygen atoms in total. The largest absolute Gasteiger partial charge is 0.489 e. The zero-order valence-corrected chi connectivity index (χ0v) is 17.8. The summed E-state index contributed by atoms with van der Waals surface area (Å²) < 4.78 is 30.1. The van der Waals surface area contributed by atoms with Crippen molar-refractivity contribution in [2.45, 2.75) is 18.4 Å². The van der Waals surface area contributed by atoms with Crippen LogP contribution in [0, 0.1) is 6.92 Å². The number of hydrazone groups is 1. The summed E-state index contributed by atoms with van der Waals surface area (Å²) in [4.78, 5) is 2.36. The van der Waals surface area contributed by atoms with Crippen LogP contribution in [0.1, 0.15) is 16.7 Å². The normalized spacial score (nSPS) is 11.6. The van der Waals surface area contributed by atoms with Gasteiger partial charge in [0.2, 0.25) is 0 Å². The SMILES string of the molecule is Cc1ccc(S(=O)(=O)N/N=C\c2ccc(OCc3ccc(Cl)cc3Cl)cc2)cc1. The van der Waals surface area contributed by atoms with Gasteiger partial charge in [-0.15, -0.1) is 0 Å². The maximum atomic E-state index is 12.2. The van der Waals surface area contributed by atoms with Crippen molar-refractivity contribution in [3.8, 4) is 5.75 Å². The highest BCUT2D eigenvalue weighted by molar-refractivity contribution is 7.89. The van der Waals surface area contributed by atoms with Crippen molar-refractivity contribution >= 4 is 39.4 Å². The number of ether oxygens (including phenoxy) is 1. The summed E-state index contributed by atoms with van der Waals surface area (Å²) in [6, 6.07) is 18.8. The molecule has 0 aliphatic heterocycles. The molecule has 0 saturated heterocycles. The molecule has 29 heavy (non-hydrogen) atoms. The van der Waals surface area contributed by atoms with Gasteiger partial charge in [-0.1, -0.05) is 47.0 Å². The number of nitrogens with zero attached hydrogens (tertiary/aromatic N) is 1. The molecule has 8 heteroatoms. The molecular weight excluding hydrogens is 431 g/mol.